The molecule has 1 amide bonds. The number of amides is 1. The van der Waals surface area contributed by atoms with Gasteiger partial charge in [0.1, 0.15) is 0 Å². The van der Waals surface area contributed by atoms with E-state index in [4.69, 9.17) is 9.84 Å². The lowest BCUT2D eigenvalue weighted by molar-refractivity contribution is -0.0429. The summed E-state index contributed by atoms with van der Waals surface area (Å²) < 4.78 is 5.79. The molecule has 0 spiro atoms. The summed E-state index contributed by atoms with van der Waals surface area (Å²) in [4.78, 5) is 24.8. The van der Waals surface area contributed by atoms with E-state index in [1.165, 1.54) is 17.7 Å². The number of aromatic carboxylic acids is 1. The van der Waals surface area contributed by atoms with Crippen molar-refractivity contribution in [2.75, 3.05) is 19.7 Å². The van der Waals surface area contributed by atoms with Crippen LogP contribution < -0.4 is 0 Å². The van der Waals surface area contributed by atoms with Crippen molar-refractivity contribution in [2.45, 2.75) is 18.9 Å². The van der Waals surface area contributed by atoms with Crippen molar-refractivity contribution in [3.63, 3.8) is 0 Å². The third-order valence-corrected chi connectivity index (χ3v) is 4.32. The maximum atomic E-state index is 12.3. The molecule has 2 aromatic carbocycles. The smallest absolute Gasteiger partial charge is 0.335 e. The number of carboxylic acids is 1. The zero-order valence-corrected chi connectivity index (χ0v) is 13.9. The molecule has 3 rings (SSSR count). The number of carboxylic acid groups (broad SMARTS) is 1. The third kappa shape index (κ3) is 4.45. The number of rotatable bonds is 7. The number of carbonyl (C=O) groups excluding carboxylic acids is 1. The minimum Gasteiger partial charge on any atom is -0.478 e. The van der Waals surface area contributed by atoms with Crippen LogP contribution in [0.2, 0.25) is 0 Å². The molecule has 0 saturated carbocycles. The van der Waals surface area contributed by atoms with E-state index in [1.54, 1.807) is 17.0 Å². The van der Waals surface area contributed by atoms with Gasteiger partial charge >= 0.3 is 5.97 Å². The van der Waals surface area contributed by atoms with Gasteiger partial charge in [-0.1, -0.05) is 30.3 Å². The zero-order valence-electron chi connectivity index (χ0n) is 13.9. The second-order valence-corrected chi connectivity index (χ2v) is 6.17. The summed E-state index contributed by atoms with van der Waals surface area (Å²) in [5, 5.41) is 8.88. The zero-order chi connectivity index (χ0) is 17.6. The fourth-order valence-electron chi connectivity index (χ4n) is 2.82. The number of aryl methyl sites for hydroxylation is 1. The predicted molar refractivity (Wildman–Crippen MR) is 93.8 cm³/mol. The van der Waals surface area contributed by atoms with Gasteiger partial charge in [-0.05, 0) is 42.7 Å². The first-order valence-corrected chi connectivity index (χ1v) is 8.41. The van der Waals surface area contributed by atoms with Crippen LogP contribution in [0.3, 0.4) is 0 Å². The van der Waals surface area contributed by atoms with Gasteiger partial charge in [0.15, 0.2) is 0 Å². The molecule has 1 fully saturated rings. The topological polar surface area (TPSA) is 66.8 Å². The van der Waals surface area contributed by atoms with Gasteiger partial charge in [0.25, 0.3) is 5.91 Å². The lowest BCUT2D eigenvalue weighted by atomic mass is 10.1. The molecule has 1 aliphatic rings. The molecule has 0 aliphatic carbocycles. The van der Waals surface area contributed by atoms with Crippen LogP contribution in [0.4, 0.5) is 0 Å². The number of likely N-dealkylation sites (tertiary alicyclic amines) is 1. The molecule has 0 bridgehead atoms. The van der Waals surface area contributed by atoms with E-state index in [0.29, 0.717) is 25.3 Å². The summed E-state index contributed by atoms with van der Waals surface area (Å²) >= 11 is 0. The molecule has 1 saturated heterocycles. The normalized spacial score (nSPS) is 14.2. The Morgan fingerprint density at radius 3 is 2.28 bits per heavy atom. The van der Waals surface area contributed by atoms with Crippen molar-refractivity contribution in [2.24, 2.45) is 0 Å². The third-order valence-electron chi connectivity index (χ3n) is 4.32. The molecule has 1 heterocycles. The number of ether oxygens (including phenoxy) is 1. The number of benzene rings is 2. The van der Waals surface area contributed by atoms with E-state index in [2.05, 4.69) is 12.1 Å². The lowest BCUT2D eigenvalue weighted by Crippen LogP contribution is -2.54. The Morgan fingerprint density at radius 2 is 1.64 bits per heavy atom. The highest BCUT2D eigenvalue weighted by Crippen LogP contribution is 2.17. The second-order valence-electron chi connectivity index (χ2n) is 6.17. The SMILES string of the molecule is O=C(O)c1ccc(C(=O)N2CC(OCCCc3ccccc3)C2)cc1. The first kappa shape index (κ1) is 17.2. The van der Waals surface area contributed by atoms with Crippen molar-refractivity contribution in [1.29, 1.82) is 0 Å². The molecule has 25 heavy (non-hydrogen) atoms. The summed E-state index contributed by atoms with van der Waals surface area (Å²) in [6.07, 6.45) is 2.05. The molecule has 2 aromatic rings. The lowest BCUT2D eigenvalue weighted by Gasteiger charge is -2.39. The van der Waals surface area contributed by atoms with Crippen LogP contribution in [0.5, 0.6) is 0 Å². The van der Waals surface area contributed by atoms with E-state index in [0.717, 1.165) is 12.8 Å². The Labute approximate surface area is 146 Å². The Bertz CT molecular complexity index is 721. The fraction of sp³-hybridized carbons (Fsp3) is 0.300. The van der Waals surface area contributed by atoms with Crippen LogP contribution >= 0.6 is 0 Å². The van der Waals surface area contributed by atoms with Gasteiger partial charge < -0.3 is 14.7 Å². The maximum absolute atomic E-state index is 12.3. The molecule has 1 aliphatic heterocycles. The van der Waals surface area contributed by atoms with E-state index >= 15 is 0 Å². The van der Waals surface area contributed by atoms with E-state index in [1.807, 2.05) is 18.2 Å². The fourth-order valence-corrected chi connectivity index (χ4v) is 2.82. The first-order chi connectivity index (χ1) is 12.1. The monoisotopic (exact) mass is 339 g/mol. The quantitative estimate of drug-likeness (QED) is 0.788. The van der Waals surface area contributed by atoms with Crippen LogP contribution in [-0.4, -0.2) is 47.7 Å². The summed E-state index contributed by atoms with van der Waals surface area (Å²) in [6, 6.07) is 16.3. The average Bonchev–Trinajstić information content (AvgIpc) is 2.60. The van der Waals surface area contributed by atoms with E-state index < -0.39 is 5.97 Å². The van der Waals surface area contributed by atoms with Crippen LogP contribution in [0, 0.1) is 0 Å². The van der Waals surface area contributed by atoms with Crippen molar-refractivity contribution >= 4 is 11.9 Å². The van der Waals surface area contributed by atoms with Gasteiger partial charge in [-0.3, -0.25) is 4.79 Å². The van der Waals surface area contributed by atoms with Gasteiger partial charge in [0.2, 0.25) is 0 Å². The Morgan fingerprint density at radius 1 is 1.00 bits per heavy atom. The Kier molecular flexibility index (Phi) is 5.46. The standard InChI is InChI=1S/C20H21NO4/c22-19(16-8-10-17(11-9-16)20(23)24)21-13-18(14-21)25-12-4-7-15-5-2-1-3-6-15/h1-3,5-6,8-11,18H,4,7,12-14H2,(H,23,24). The van der Waals surface area contributed by atoms with Gasteiger partial charge in [-0.15, -0.1) is 0 Å². The highest BCUT2D eigenvalue weighted by molar-refractivity contribution is 5.96. The van der Waals surface area contributed by atoms with Crippen LogP contribution in [-0.2, 0) is 11.2 Å². The average molecular weight is 339 g/mol. The molecule has 5 nitrogen and oxygen atoms in total. The molecule has 0 aromatic heterocycles. The number of nitrogens with zero attached hydrogens (tertiary/aromatic N) is 1. The van der Waals surface area contributed by atoms with E-state index in [-0.39, 0.29) is 17.6 Å². The molecule has 5 heteroatoms. The molecular formula is C20H21NO4. The van der Waals surface area contributed by atoms with Crippen molar-refractivity contribution in [3.05, 3.63) is 71.3 Å². The Hall–Kier alpha value is -2.66. The Balaban J connectivity index is 1.37. The molecule has 0 unspecified atom stereocenters. The molecule has 0 atom stereocenters. The summed E-state index contributed by atoms with van der Waals surface area (Å²) in [5.74, 6) is -1.08. The van der Waals surface area contributed by atoms with Crippen LogP contribution in [0.1, 0.15) is 32.7 Å². The van der Waals surface area contributed by atoms with Gasteiger partial charge in [-0.25, -0.2) is 4.79 Å². The largest absolute Gasteiger partial charge is 0.478 e. The minimum atomic E-state index is -0.994. The van der Waals surface area contributed by atoms with Crippen LogP contribution in [0.25, 0.3) is 0 Å². The maximum Gasteiger partial charge on any atom is 0.335 e. The van der Waals surface area contributed by atoms with Gasteiger partial charge in [0.05, 0.1) is 11.7 Å². The summed E-state index contributed by atoms with van der Waals surface area (Å²) in [7, 11) is 0. The van der Waals surface area contributed by atoms with E-state index in [9.17, 15) is 9.59 Å². The molecule has 130 valence electrons. The molecule has 0 radical (unpaired) electrons. The van der Waals surface area contributed by atoms with Crippen LogP contribution in [0.15, 0.2) is 54.6 Å². The molecular weight excluding hydrogens is 318 g/mol. The minimum absolute atomic E-state index is 0.0823. The number of hydrogen-bond donors (Lipinski definition) is 1. The van der Waals surface area contributed by atoms with Gasteiger partial charge in [-0.2, -0.15) is 0 Å². The number of carbonyl (C=O) groups is 2. The number of hydrogen-bond acceptors (Lipinski definition) is 3. The highest BCUT2D eigenvalue weighted by Gasteiger charge is 2.31. The summed E-state index contributed by atoms with van der Waals surface area (Å²) in [5.41, 5.74) is 1.99. The summed E-state index contributed by atoms with van der Waals surface area (Å²) in [6.45, 7) is 1.87. The first-order valence-electron chi connectivity index (χ1n) is 8.41. The van der Waals surface area contributed by atoms with Crippen molar-refractivity contribution in [1.82, 2.24) is 4.90 Å². The second kappa shape index (κ2) is 7.94. The highest BCUT2D eigenvalue weighted by atomic mass is 16.5. The van der Waals surface area contributed by atoms with Crippen molar-refractivity contribution in [3.8, 4) is 0 Å². The van der Waals surface area contributed by atoms with Crippen molar-refractivity contribution < 1.29 is 19.4 Å². The van der Waals surface area contributed by atoms with Gasteiger partial charge in [0, 0.05) is 25.3 Å². The predicted octanol–water partition coefficient (Wildman–Crippen LogP) is 2.86. The molecule has 1 N–H and O–H groups in total.